The fourth-order valence-electron chi connectivity index (χ4n) is 2.94. The van der Waals surface area contributed by atoms with Crippen LogP contribution in [0.4, 0.5) is 0 Å². The van der Waals surface area contributed by atoms with Gasteiger partial charge in [0.15, 0.2) is 0 Å². The smallest absolute Gasteiger partial charge is 0.254 e. The summed E-state index contributed by atoms with van der Waals surface area (Å²) in [4.78, 5) is 14.3. The highest BCUT2D eigenvalue weighted by molar-refractivity contribution is 5.99. The van der Waals surface area contributed by atoms with Crippen LogP contribution in [-0.4, -0.2) is 30.4 Å². The zero-order chi connectivity index (χ0) is 16.7. The molecule has 3 rings (SSSR count). The molecule has 1 aliphatic heterocycles. The molecule has 0 bridgehead atoms. The second kappa shape index (κ2) is 8.49. The Kier molecular flexibility index (Phi) is 6.36. The predicted octanol–water partition coefficient (Wildman–Crippen LogP) is 3.87. The van der Waals surface area contributed by atoms with E-state index in [4.69, 9.17) is 0 Å². The van der Waals surface area contributed by atoms with E-state index >= 15 is 0 Å². The minimum absolute atomic E-state index is 0.0694. The Balaban J connectivity index is 0.000000338. The molecule has 1 amide bonds. The average molecular weight is 310 g/mol. The van der Waals surface area contributed by atoms with Gasteiger partial charge in [-0.3, -0.25) is 4.79 Å². The van der Waals surface area contributed by atoms with Crippen molar-refractivity contribution in [1.29, 1.82) is 0 Å². The molecular formula is C20H26N2O. The van der Waals surface area contributed by atoms with E-state index in [1.165, 1.54) is 5.56 Å². The summed E-state index contributed by atoms with van der Waals surface area (Å²) in [5.74, 6) is 0.141. The molecule has 1 aliphatic rings. The Bertz CT molecular complexity index is 623. The van der Waals surface area contributed by atoms with Gasteiger partial charge in [-0.15, -0.1) is 0 Å². The molecule has 2 aromatic rings. The van der Waals surface area contributed by atoms with Crippen molar-refractivity contribution in [1.82, 2.24) is 10.2 Å². The minimum atomic E-state index is 0.0694. The van der Waals surface area contributed by atoms with Gasteiger partial charge in [-0.05, 0) is 37.2 Å². The van der Waals surface area contributed by atoms with Gasteiger partial charge in [-0.1, -0.05) is 62.4 Å². The summed E-state index contributed by atoms with van der Waals surface area (Å²) >= 11 is 0. The molecule has 1 atom stereocenters. The van der Waals surface area contributed by atoms with Gasteiger partial charge in [0.25, 0.3) is 5.91 Å². The number of carbonyl (C=O) groups excluding carboxylic acids is 1. The lowest BCUT2D eigenvalue weighted by atomic mass is 9.98. The number of hydrogen-bond donors (Lipinski definition) is 1. The van der Waals surface area contributed by atoms with E-state index in [2.05, 4.69) is 37.4 Å². The van der Waals surface area contributed by atoms with Gasteiger partial charge in [0.05, 0.1) is 6.04 Å². The first-order chi connectivity index (χ1) is 11.2. The maximum Gasteiger partial charge on any atom is 0.254 e. The van der Waals surface area contributed by atoms with Crippen molar-refractivity contribution in [3.8, 4) is 0 Å². The van der Waals surface area contributed by atoms with Gasteiger partial charge in [0.2, 0.25) is 0 Å². The number of amides is 1. The second-order valence-electron chi connectivity index (χ2n) is 5.45. The SMILES string of the molecule is CCN1C(=O)c2ccccc2C1c1ccccc1.CCNCC. The van der Waals surface area contributed by atoms with Crippen LogP contribution < -0.4 is 5.32 Å². The van der Waals surface area contributed by atoms with Crippen LogP contribution >= 0.6 is 0 Å². The van der Waals surface area contributed by atoms with Crippen LogP contribution in [0.3, 0.4) is 0 Å². The first kappa shape index (κ1) is 17.2. The lowest BCUT2D eigenvalue weighted by Crippen LogP contribution is -2.28. The van der Waals surface area contributed by atoms with Crippen molar-refractivity contribution in [3.05, 3.63) is 71.3 Å². The summed E-state index contributed by atoms with van der Waals surface area (Å²) in [6.07, 6.45) is 0. The number of fused-ring (bicyclic) bond motifs is 1. The number of hydrogen-bond acceptors (Lipinski definition) is 2. The van der Waals surface area contributed by atoms with Crippen molar-refractivity contribution >= 4 is 5.91 Å². The van der Waals surface area contributed by atoms with Crippen molar-refractivity contribution in [2.75, 3.05) is 19.6 Å². The van der Waals surface area contributed by atoms with E-state index in [1.54, 1.807) is 0 Å². The molecular weight excluding hydrogens is 284 g/mol. The minimum Gasteiger partial charge on any atom is -0.328 e. The molecule has 0 fully saturated rings. The summed E-state index contributed by atoms with van der Waals surface area (Å²) in [6.45, 7) is 9.15. The molecule has 1 heterocycles. The number of carbonyl (C=O) groups is 1. The van der Waals surface area contributed by atoms with Crippen molar-refractivity contribution in [2.45, 2.75) is 26.8 Å². The Hall–Kier alpha value is -2.13. The second-order valence-corrected chi connectivity index (χ2v) is 5.45. The third-order valence-corrected chi connectivity index (χ3v) is 4.01. The molecule has 0 spiro atoms. The monoisotopic (exact) mass is 310 g/mol. The van der Waals surface area contributed by atoms with Gasteiger partial charge in [-0.2, -0.15) is 0 Å². The zero-order valence-electron chi connectivity index (χ0n) is 14.3. The molecule has 3 heteroatoms. The third kappa shape index (κ3) is 3.80. The summed E-state index contributed by atoms with van der Waals surface area (Å²) in [6, 6.07) is 18.2. The lowest BCUT2D eigenvalue weighted by Gasteiger charge is -2.24. The molecule has 2 aromatic carbocycles. The Morgan fingerprint density at radius 2 is 1.52 bits per heavy atom. The molecule has 1 N–H and O–H groups in total. The summed E-state index contributed by atoms with van der Waals surface area (Å²) in [7, 11) is 0. The van der Waals surface area contributed by atoms with Gasteiger partial charge in [-0.25, -0.2) is 0 Å². The number of nitrogens with one attached hydrogen (secondary N) is 1. The summed E-state index contributed by atoms with van der Waals surface area (Å²) < 4.78 is 0. The van der Waals surface area contributed by atoms with Crippen LogP contribution in [-0.2, 0) is 0 Å². The van der Waals surface area contributed by atoms with E-state index in [-0.39, 0.29) is 11.9 Å². The molecule has 0 aromatic heterocycles. The van der Waals surface area contributed by atoms with Gasteiger partial charge < -0.3 is 10.2 Å². The Morgan fingerprint density at radius 3 is 2.09 bits per heavy atom. The standard InChI is InChI=1S/C16H15NO.C4H11N/c1-2-17-15(12-8-4-3-5-9-12)13-10-6-7-11-14(13)16(17)18;1-3-5-4-2/h3-11,15H,2H2,1H3;5H,3-4H2,1-2H3. The molecule has 122 valence electrons. The van der Waals surface area contributed by atoms with Crippen LogP contribution in [0.2, 0.25) is 0 Å². The first-order valence-electron chi connectivity index (χ1n) is 8.40. The Morgan fingerprint density at radius 1 is 0.913 bits per heavy atom. The quantitative estimate of drug-likeness (QED) is 0.930. The average Bonchev–Trinajstić information content (AvgIpc) is 2.89. The van der Waals surface area contributed by atoms with Crippen LogP contribution in [0.15, 0.2) is 54.6 Å². The highest BCUT2D eigenvalue weighted by atomic mass is 16.2. The third-order valence-electron chi connectivity index (χ3n) is 4.01. The molecule has 0 saturated carbocycles. The van der Waals surface area contributed by atoms with Crippen molar-refractivity contribution in [3.63, 3.8) is 0 Å². The summed E-state index contributed by atoms with van der Waals surface area (Å²) in [5, 5.41) is 3.11. The molecule has 1 unspecified atom stereocenters. The summed E-state index contributed by atoms with van der Waals surface area (Å²) in [5.41, 5.74) is 3.14. The lowest BCUT2D eigenvalue weighted by molar-refractivity contribution is 0.0759. The maximum atomic E-state index is 12.3. The molecule has 0 radical (unpaired) electrons. The largest absolute Gasteiger partial charge is 0.328 e. The fraction of sp³-hybridized carbons (Fsp3) is 0.350. The van der Waals surface area contributed by atoms with E-state index < -0.39 is 0 Å². The highest BCUT2D eigenvalue weighted by Gasteiger charge is 2.35. The van der Waals surface area contributed by atoms with Gasteiger partial charge in [0.1, 0.15) is 0 Å². The van der Waals surface area contributed by atoms with Crippen LogP contribution in [0, 0.1) is 0 Å². The number of rotatable bonds is 4. The first-order valence-corrected chi connectivity index (χ1v) is 8.40. The van der Waals surface area contributed by atoms with Gasteiger partial charge >= 0.3 is 0 Å². The Labute approximate surface area is 139 Å². The highest BCUT2D eigenvalue weighted by Crippen LogP contribution is 2.37. The predicted molar refractivity (Wildman–Crippen MR) is 95.7 cm³/mol. The maximum absolute atomic E-state index is 12.3. The molecule has 0 aliphatic carbocycles. The zero-order valence-corrected chi connectivity index (χ0v) is 14.3. The van der Waals surface area contributed by atoms with Gasteiger partial charge in [0, 0.05) is 12.1 Å². The van der Waals surface area contributed by atoms with Crippen molar-refractivity contribution < 1.29 is 4.79 Å². The van der Waals surface area contributed by atoms with E-state index in [0.29, 0.717) is 0 Å². The molecule has 0 saturated heterocycles. The van der Waals surface area contributed by atoms with E-state index in [0.717, 1.165) is 30.8 Å². The number of benzene rings is 2. The van der Waals surface area contributed by atoms with Crippen LogP contribution in [0.1, 0.15) is 48.3 Å². The van der Waals surface area contributed by atoms with E-state index in [1.807, 2.05) is 48.2 Å². The fourth-order valence-corrected chi connectivity index (χ4v) is 2.94. The van der Waals surface area contributed by atoms with Crippen LogP contribution in [0.25, 0.3) is 0 Å². The topological polar surface area (TPSA) is 32.3 Å². The number of nitrogens with zero attached hydrogens (tertiary/aromatic N) is 1. The molecule has 3 nitrogen and oxygen atoms in total. The van der Waals surface area contributed by atoms with Crippen LogP contribution in [0.5, 0.6) is 0 Å². The van der Waals surface area contributed by atoms with E-state index in [9.17, 15) is 4.79 Å². The molecule has 23 heavy (non-hydrogen) atoms. The van der Waals surface area contributed by atoms with Crippen molar-refractivity contribution in [2.24, 2.45) is 0 Å². The normalized spacial score (nSPS) is 15.9.